The molecule has 0 aliphatic carbocycles. The number of piperazine rings is 1. The lowest BCUT2D eigenvalue weighted by Crippen LogP contribution is -2.48. The summed E-state index contributed by atoms with van der Waals surface area (Å²) >= 11 is 5.94. The molecule has 0 bridgehead atoms. The Bertz CT molecular complexity index is 1240. The van der Waals surface area contributed by atoms with Crippen LogP contribution in [0.3, 0.4) is 0 Å². The summed E-state index contributed by atoms with van der Waals surface area (Å²) < 4.78 is 7.51. The van der Waals surface area contributed by atoms with Crippen LogP contribution >= 0.6 is 11.6 Å². The zero-order valence-electron chi connectivity index (χ0n) is 17.9. The molecule has 32 heavy (non-hydrogen) atoms. The number of para-hydroxylation sites is 1. The summed E-state index contributed by atoms with van der Waals surface area (Å²) in [5.74, 6) is 1.30. The van der Waals surface area contributed by atoms with Crippen molar-refractivity contribution in [1.82, 2.24) is 24.5 Å². The molecule has 7 nitrogen and oxygen atoms in total. The maximum absolute atomic E-state index is 12.9. The van der Waals surface area contributed by atoms with E-state index in [0.717, 1.165) is 35.1 Å². The molecule has 0 N–H and O–H groups in total. The predicted molar refractivity (Wildman–Crippen MR) is 123 cm³/mol. The number of aromatic nitrogens is 3. The van der Waals surface area contributed by atoms with Crippen molar-refractivity contribution < 1.29 is 9.32 Å². The quantitative estimate of drug-likeness (QED) is 0.464. The molecule has 0 saturated carbocycles. The molecule has 0 spiro atoms. The molecule has 1 saturated heterocycles. The van der Waals surface area contributed by atoms with E-state index in [0.29, 0.717) is 42.8 Å². The summed E-state index contributed by atoms with van der Waals surface area (Å²) in [7, 11) is 2.02. The molecule has 5 rings (SSSR count). The Hall–Kier alpha value is -3.16. The summed E-state index contributed by atoms with van der Waals surface area (Å²) in [4.78, 5) is 21.6. The zero-order chi connectivity index (χ0) is 22.1. The van der Waals surface area contributed by atoms with Crippen molar-refractivity contribution in [2.45, 2.75) is 13.0 Å². The van der Waals surface area contributed by atoms with E-state index in [9.17, 15) is 4.79 Å². The molecule has 4 aromatic rings. The summed E-state index contributed by atoms with van der Waals surface area (Å²) in [5, 5.41) is 5.90. The second kappa shape index (κ2) is 8.76. The van der Waals surface area contributed by atoms with E-state index in [2.05, 4.69) is 37.9 Å². The number of halogens is 1. The smallest absolute Gasteiger partial charge is 0.241 e. The Morgan fingerprint density at radius 3 is 2.59 bits per heavy atom. The fourth-order valence-corrected chi connectivity index (χ4v) is 4.35. The minimum absolute atomic E-state index is 0.170. The maximum Gasteiger partial charge on any atom is 0.241 e. The van der Waals surface area contributed by atoms with Crippen molar-refractivity contribution in [1.29, 1.82) is 0 Å². The monoisotopic (exact) mass is 449 g/mol. The molecule has 2 aromatic carbocycles. The van der Waals surface area contributed by atoms with Gasteiger partial charge in [-0.3, -0.25) is 9.69 Å². The summed E-state index contributed by atoms with van der Waals surface area (Å²) in [6.07, 6.45) is 2.49. The number of carbonyl (C=O) groups is 1. The molecule has 3 heterocycles. The van der Waals surface area contributed by atoms with Gasteiger partial charge in [0.05, 0.1) is 13.0 Å². The van der Waals surface area contributed by atoms with Gasteiger partial charge in [-0.15, -0.1) is 0 Å². The van der Waals surface area contributed by atoms with Gasteiger partial charge in [-0.1, -0.05) is 35.0 Å². The number of fused-ring (bicyclic) bond motifs is 1. The molecule has 164 valence electrons. The van der Waals surface area contributed by atoms with Gasteiger partial charge in [0.15, 0.2) is 0 Å². The van der Waals surface area contributed by atoms with E-state index in [1.54, 1.807) is 12.1 Å². The van der Waals surface area contributed by atoms with Crippen molar-refractivity contribution in [3.63, 3.8) is 0 Å². The van der Waals surface area contributed by atoms with E-state index in [1.165, 1.54) is 0 Å². The molecule has 0 atom stereocenters. The second-order valence-electron chi connectivity index (χ2n) is 8.13. The lowest BCUT2D eigenvalue weighted by molar-refractivity contribution is -0.132. The number of benzene rings is 2. The first-order valence-electron chi connectivity index (χ1n) is 10.7. The number of aryl methyl sites for hydroxylation is 1. The van der Waals surface area contributed by atoms with E-state index in [4.69, 9.17) is 16.1 Å². The highest BCUT2D eigenvalue weighted by Gasteiger charge is 2.23. The molecule has 1 fully saturated rings. The predicted octanol–water partition coefficient (Wildman–Crippen LogP) is 3.77. The lowest BCUT2D eigenvalue weighted by Gasteiger charge is -2.34. The Morgan fingerprint density at radius 2 is 1.81 bits per heavy atom. The Labute approximate surface area is 191 Å². The van der Waals surface area contributed by atoms with Gasteiger partial charge in [0, 0.05) is 60.9 Å². The maximum atomic E-state index is 12.9. The molecule has 0 radical (unpaired) electrons. The van der Waals surface area contributed by atoms with Crippen LogP contribution in [0, 0.1) is 0 Å². The highest BCUT2D eigenvalue weighted by Crippen LogP contribution is 2.22. The minimum Gasteiger partial charge on any atom is -0.350 e. The second-order valence-corrected chi connectivity index (χ2v) is 8.57. The van der Waals surface area contributed by atoms with E-state index in [-0.39, 0.29) is 5.91 Å². The van der Waals surface area contributed by atoms with Crippen LogP contribution < -0.4 is 0 Å². The van der Waals surface area contributed by atoms with Crippen molar-refractivity contribution in [3.05, 3.63) is 71.2 Å². The lowest BCUT2D eigenvalue weighted by atomic mass is 10.1. The molecule has 1 aliphatic heterocycles. The molecule has 0 unspecified atom stereocenters. The van der Waals surface area contributed by atoms with Crippen LogP contribution in [0.1, 0.15) is 11.5 Å². The van der Waals surface area contributed by atoms with E-state index < -0.39 is 0 Å². The standard InChI is InChI=1S/C24H24ClN5O2/c1-28-15-18(20-4-2-3-5-21(20)28)14-23(31)30-12-10-29(11-13-30)16-22-26-24(27-32-22)17-6-8-19(25)9-7-17/h2-9,15H,10-14,16H2,1H3. The first kappa shape index (κ1) is 20.7. The van der Waals surface area contributed by atoms with Crippen LogP contribution in [-0.2, 0) is 24.8 Å². The Morgan fingerprint density at radius 1 is 1.06 bits per heavy atom. The van der Waals surface area contributed by atoms with Crippen molar-refractivity contribution >= 4 is 28.4 Å². The SMILES string of the molecule is Cn1cc(CC(=O)N2CCN(Cc3nc(-c4ccc(Cl)cc4)no3)CC2)c2ccccc21. The normalized spacial score (nSPS) is 14.9. The number of rotatable bonds is 5. The van der Waals surface area contributed by atoms with E-state index >= 15 is 0 Å². The number of amides is 1. The third-order valence-corrected chi connectivity index (χ3v) is 6.23. The molecule has 1 aliphatic rings. The fraction of sp³-hybridized carbons (Fsp3) is 0.292. The van der Waals surface area contributed by atoms with Crippen LogP contribution in [0.15, 0.2) is 59.3 Å². The van der Waals surface area contributed by atoms with Gasteiger partial charge in [-0.2, -0.15) is 4.98 Å². The summed E-state index contributed by atoms with van der Waals surface area (Å²) in [6, 6.07) is 15.6. The summed E-state index contributed by atoms with van der Waals surface area (Å²) in [5.41, 5.74) is 3.10. The molecule has 8 heteroatoms. The molecular formula is C24H24ClN5O2. The minimum atomic E-state index is 0.170. The van der Waals surface area contributed by atoms with Gasteiger partial charge in [-0.25, -0.2) is 0 Å². The number of carbonyl (C=O) groups excluding carboxylic acids is 1. The highest BCUT2D eigenvalue weighted by molar-refractivity contribution is 6.30. The topological polar surface area (TPSA) is 67.4 Å². The van der Waals surface area contributed by atoms with Crippen molar-refractivity contribution in [2.75, 3.05) is 26.2 Å². The van der Waals surface area contributed by atoms with E-state index in [1.807, 2.05) is 36.2 Å². The zero-order valence-corrected chi connectivity index (χ0v) is 18.6. The number of hydrogen-bond donors (Lipinski definition) is 0. The van der Waals surface area contributed by atoms with Gasteiger partial charge >= 0.3 is 0 Å². The Balaban J connectivity index is 1.16. The first-order chi connectivity index (χ1) is 15.6. The van der Waals surface area contributed by atoms with Crippen LogP contribution in [0.4, 0.5) is 0 Å². The van der Waals surface area contributed by atoms with Crippen LogP contribution in [0.5, 0.6) is 0 Å². The van der Waals surface area contributed by atoms with Gasteiger partial charge < -0.3 is 14.0 Å². The third kappa shape index (κ3) is 4.26. The fourth-order valence-electron chi connectivity index (χ4n) is 4.22. The average Bonchev–Trinajstić information content (AvgIpc) is 3.40. The largest absolute Gasteiger partial charge is 0.350 e. The number of hydrogen-bond acceptors (Lipinski definition) is 5. The molecule has 1 amide bonds. The van der Waals surface area contributed by atoms with Crippen molar-refractivity contribution in [3.8, 4) is 11.4 Å². The molecule has 2 aromatic heterocycles. The Kier molecular flexibility index (Phi) is 5.68. The van der Waals surface area contributed by atoms with Gasteiger partial charge in [0.2, 0.25) is 17.6 Å². The van der Waals surface area contributed by atoms with Gasteiger partial charge in [0.25, 0.3) is 0 Å². The van der Waals surface area contributed by atoms with Gasteiger partial charge in [-0.05, 0) is 35.9 Å². The van der Waals surface area contributed by atoms with Crippen LogP contribution in [-0.4, -0.2) is 56.6 Å². The third-order valence-electron chi connectivity index (χ3n) is 5.98. The van der Waals surface area contributed by atoms with Crippen LogP contribution in [0.2, 0.25) is 5.02 Å². The summed E-state index contributed by atoms with van der Waals surface area (Å²) in [6.45, 7) is 3.52. The van der Waals surface area contributed by atoms with Crippen LogP contribution in [0.25, 0.3) is 22.3 Å². The number of nitrogens with zero attached hydrogens (tertiary/aromatic N) is 5. The first-order valence-corrected chi connectivity index (χ1v) is 11.1. The molecular weight excluding hydrogens is 426 g/mol. The van der Waals surface area contributed by atoms with Crippen molar-refractivity contribution in [2.24, 2.45) is 7.05 Å². The van der Waals surface area contributed by atoms with Gasteiger partial charge in [0.1, 0.15) is 0 Å². The average molecular weight is 450 g/mol. The highest BCUT2D eigenvalue weighted by atomic mass is 35.5.